The number of alkyl halides is 3. The first kappa shape index (κ1) is 24.9. The van der Waals surface area contributed by atoms with Crippen molar-refractivity contribution in [3.8, 4) is 34.0 Å². The van der Waals surface area contributed by atoms with Gasteiger partial charge < -0.3 is 9.47 Å². The van der Waals surface area contributed by atoms with E-state index in [0.717, 1.165) is 32.6 Å². The van der Waals surface area contributed by atoms with E-state index in [1.165, 1.54) is 20.3 Å². The number of methoxy groups -OCH3 is 2. The Balaban J connectivity index is 1.70. The molecule has 4 aromatic heterocycles. The molecule has 38 heavy (non-hydrogen) atoms. The second kappa shape index (κ2) is 9.61. The summed E-state index contributed by atoms with van der Waals surface area (Å²) in [6.07, 6.45) is -1.93. The van der Waals surface area contributed by atoms with E-state index < -0.39 is 17.6 Å². The third-order valence-electron chi connectivity index (χ3n) is 5.93. The highest BCUT2D eigenvalue weighted by atomic mass is 19.4. The van der Waals surface area contributed by atoms with Crippen molar-refractivity contribution in [1.29, 1.82) is 0 Å². The standard InChI is InChI=1S/C26H21F3N6O3/c1-15-4-7-17(8-5-15)19-13-31-35-23(22(19)18-9-11-21(37-2)32-24(18)38-3)33-34(25(35)36)14-16-6-10-20(30-12-16)26(27,28)29/h4-13H,14H2,1-3H3. The van der Waals surface area contributed by atoms with Crippen molar-refractivity contribution in [3.05, 3.63) is 88.2 Å². The molecular formula is C26H21F3N6O3. The molecule has 0 aliphatic heterocycles. The Bertz CT molecular complexity index is 1680. The molecule has 0 fully saturated rings. The van der Waals surface area contributed by atoms with E-state index in [1.54, 1.807) is 18.3 Å². The van der Waals surface area contributed by atoms with E-state index in [0.29, 0.717) is 28.1 Å². The van der Waals surface area contributed by atoms with Gasteiger partial charge in [0.05, 0.1) is 27.0 Å². The van der Waals surface area contributed by atoms with Crippen LogP contribution in [0.25, 0.3) is 27.9 Å². The van der Waals surface area contributed by atoms with Crippen molar-refractivity contribution in [2.24, 2.45) is 0 Å². The Labute approximate surface area is 214 Å². The molecule has 1 aromatic carbocycles. The van der Waals surface area contributed by atoms with Crippen molar-refractivity contribution >= 4 is 5.65 Å². The predicted octanol–water partition coefficient (Wildman–Crippen LogP) is 4.41. The molecule has 0 saturated heterocycles. The maximum Gasteiger partial charge on any atom is 0.433 e. The molecule has 0 atom stereocenters. The summed E-state index contributed by atoms with van der Waals surface area (Å²) in [4.78, 5) is 21.1. The van der Waals surface area contributed by atoms with E-state index in [2.05, 4.69) is 20.2 Å². The van der Waals surface area contributed by atoms with Gasteiger partial charge >= 0.3 is 11.9 Å². The molecule has 194 valence electrons. The Morgan fingerprint density at radius 2 is 1.68 bits per heavy atom. The average molecular weight is 522 g/mol. The monoisotopic (exact) mass is 522 g/mol. The Morgan fingerprint density at radius 1 is 0.921 bits per heavy atom. The summed E-state index contributed by atoms with van der Waals surface area (Å²) in [6, 6.07) is 13.3. The van der Waals surface area contributed by atoms with Gasteiger partial charge in [0.2, 0.25) is 11.8 Å². The summed E-state index contributed by atoms with van der Waals surface area (Å²) in [5.74, 6) is 0.588. The minimum Gasteiger partial charge on any atom is -0.481 e. The van der Waals surface area contributed by atoms with Crippen LogP contribution in [-0.4, -0.2) is 43.6 Å². The van der Waals surface area contributed by atoms with Gasteiger partial charge in [0.15, 0.2) is 5.65 Å². The lowest BCUT2D eigenvalue weighted by molar-refractivity contribution is -0.141. The summed E-state index contributed by atoms with van der Waals surface area (Å²) < 4.78 is 51.7. The van der Waals surface area contributed by atoms with Crippen LogP contribution in [0.3, 0.4) is 0 Å². The van der Waals surface area contributed by atoms with Crippen LogP contribution in [0.5, 0.6) is 11.8 Å². The summed E-state index contributed by atoms with van der Waals surface area (Å²) >= 11 is 0. The first-order chi connectivity index (χ1) is 18.2. The third kappa shape index (κ3) is 4.56. The van der Waals surface area contributed by atoms with Crippen LogP contribution in [0.2, 0.25) is 0 Å². The highest BCUT2D eigenvalue weighted by Crippen LogP contribution is 2.39. The van der Waals surface area contributed by atoms with E-state index in [4.69, 9.17) is 9.47 Å². The lowest BCUT2D eigenvalue weighted by atomic mass is 9.97. The highest BCUT2D eigenvalue weighted by Gasteiger charge is 2.32. The molecule has 0 bridgehead atoms. The first-order valence-corrected chi connectivity index (χ1v) is 11.4. The normalized spacial score (nSPS) is 11.6. The molecule has 0 N–H and O–H groups in total. The van der Waals surface area contributed by atoms with E-state index in [9.17, 15) is 18.0 Å². The predicted molar refractivity (Wildman–Crippen MR) is 132 cm³/mol. The lowest BCUT2D eigenvalue weighted by Crippen LogP contribution is -2.23. The molecule has 0 radical (unpaired) electrons. The van der Waals surface area contributed by atoms with Crippen LogP contribution in [0.4, 0.5) is 13.2 Å². The van der Waals surface area contributed by atoms with Crippen LogP contribution >= 0.6 is 0 Å². The number of benzene rings is 1. The molecule has 0 unspecified atom stereocenters. The maximum atomic E-state index is 13.2. The van der Waals surface area contributed by atoms with Gasteiger partial charge in [-0.05, 0) is 30.2 Å². The Kier molecular flexibility index (Phi) is 6.31. The second-order valence-electron chi connectivity index (χ2n) is 8.43. The van der Waals surface area contributed by atoms with Gasteiger partial charge in [0, 0.05) is 29.0 Å². The fourth-order valence-electron chi connectivity index (χ4n) is 4.02. The zero-order chi connectivity index (χ0) is 27.0. The zero-order valence-corrected chi connectivity index (χ0v) is 20.5. The smallest absolute Gasteiger partial charge is 0.433 e. The van der Waals surface area contributed by atoms with Crippen LogP contribution < -0.4 is 15.2 Å². The van der Waals surface area contributed by atoms with Crippen LogP contribution in [-0.2, 0) is 12.7 Å². The molecule has 0 aliphatic rings. The fraction of sp³-hybridized carbons (Fsp3) is 0.192. The molecule has 4 heterocycles. The number of hydrogen-bond acceptors (Lipinski definition) is 7. The molecule has 5 rings (SSSR count). The molecule has 5 aromatic rings. The van der Waals surface area contributed by atoms with Crippen LogP contribution in [0.15, 0.2) is 65.7 Å². The van der Waals surface area contributed by atoms with Crippen molar-refractivity contribution in [2.45, 2.75) is 19.6 Å². The minimum atomic E-state index is -4.56. The summed E-state index contributed by atoms with van der Waals surface area (Å²) in [5.41, 5.74) is 2.65. The molecule has 9 nitrogen and oxygen atoms in total. The number of nitrogens with zero attached hydrogens (tertiary/aromatic N) is 6. The van der Waals surface area contributed by atoms with Gasteiger partial charge in [-0.3, -0.25) is 4.98 Å². The number of hydrogen-bond donors (Lipinski definition) is 0. The molecular weight excluding hydrogens is 501 g/mol. The van der Waals surface area contributed by atoms with Crippen LogP contribution in [0, 0.1) is 6.92 Å². The second-order valence-corrected chi connectivity index (χ2v) is 8.43. The van der Waals surface area contributed by atoms with E-state index in [-0.39, 0.29) is 18.1 Å². The van der Waals surface area contributed by atoms with Crippen molar-refractivity contribution in [1.82, 2.24) is 29.4 Å². The maximum absolute atomic E-state index is 13.2. The average Bonchev–Trinajstić information content (AvgIpc) is 3.23. The summed E-state index contributed by atoms with van der Waals surface area (Å²) in [7, 11) is 2.96. The number of rotatable bonds is 6. The van der Waals surface area contributed by atoms with Crippen LogP contribution in [0.1, 0.15) is 16.8 Å². The van der Waals surface area contributed by atoms with Gasteiger partial charge in [-0.15, -0.1) is 5.10 Å². The molecule has 0 aliphatic carbocycles. The molecule has 12 heteroatoms. The van der Waals surface area contributed by atoms with Gasteiger partial charge in [0.1, 0.15) is 5.69 Å². The number of halogens is 3. The first-order valence-electron chi connectivity index (χ1n) is 11.4. The van der Waals surface area contributed by atoms with E-state index >= 15 is 0 Å². The Hall–Kier alpha value is -4.74. The van der Waals surface area contributed by atoms with Crippen molar-refractivity contribution < 1.29 is 22.6 Å². The zero-order valence-electron chi connectivity index (χ0n) is 20.5. The SMILES string of the molecule is COc1ccc(-c2c(-c3ccc(C)cc3)cnn3c(=O)n(Cc4ccc(C(F)(F)F)nc4)nc23)c(OC)n1. The number of aryl methyl sites for hydroxylation is 1. The van der Waals surface area contributed by atoms with Gasteiger partial charge in [0.25, 0.3) is 0 Å². The van der Waals surface area contributed by atoms with Gasteiger partial charge in [-0.25, -0.2) is 9.48 Å². The quantitative estimate of drug-likeness (QED) is 0.326. The lowest BCUT2D eigenvalue weighted by Gasteiger charge is -2.14. The Morgan fingerprint density at radius 3 is 2.32 bits per heavy atom. The number of aromatic nitrogens is 6. The van der Waals surface area contributed by atoms with Gasteiger partial charge in [-0.1, -0.05) is 35.9 Å². The van der Waals surface area contributed by atoms with Crippen molar-refractivity contribution in [2.75, 3.05) is 14.2 Å². The summed E-state index contributed by atoms with van der Waals surface area (Å²) in [6.45, 7) is 1.87. The minimum absolute atomic E-state index is 0.107. The fourth-order valence-corrected chi connectivity index (χ4v) is 4.02. The number of fused-ring (bicyclic) bond motifs is 1. The highest BCUT2D eigenvalue weighted by molar-refractivity contribution is 5.93. The molecule has 0 spiro atoms. The topological polar surface area (TPSA) is 96.4 Å². The largest absolute Gasteiger partial charge is 0.481 e. The number of pyridine rings is 2. The summed E-state index contributed by atoms with van der Waals surface area (Å²) in [5, 5.41) is 8.85. The number of ether oxygens (including phenoxy) is 2. The molecule has 0 saturated carbocycles. The molecule has 0 amide bonds. The third-order valence-corrected chi connectivity index (χ3v) is 5.93. The van der Waals surface area contributed by atoms with E-state index in [1.807, 2.05) is 31.2 Å². The van der Waals surface area contributed by atoms with Gasteiger partial charge in [-0.2, -0.15) is 27.8 Å². The van der Waals surface area contributed by atoms with Crippen molar-refractivity contribution in [3.63, 3.8) is 0 Å².